The normalized spacial score (nSPS) is 6.00. The van der Waals surface area contributed by atoms with Crippen molar-refractivity contribution in [2.75, 3.05) is 0 Å². The summed E-state index contributed by atoms with van der Waals surface area (Å²) in [6, 6.07) is 0. The van der Waals surface area contributed by atoms with Gasteiger partial charge < -0.3 is 5.21 Å². The zero-order valence-electron chi connectivity index (χ0n) is 3.94. The second-order valence-electron chi connectivity index (χ2n) is 0.738. The van der Waals surface area contributed by atoms with Gasteiger partial charge in [0.05, 0.1) is 0 Å². The zero-order chi connectivity index (χ0) is 7.15. The van der Waals surface area contributed by atoms with Gasteiger partial charge in [-0.05, 0) is 0 Å². The van der Waals surface area contributed by atoms with Crippen LogP contribution in [0.1, 0.15) is 0 Å². The van der Waals surface area contributed by atoms with Gasteiger partial charge in [-0.1, -0.05) is 0 Å². The van der Waals surface area contributed by atoms with Crippen LogP contribution in [0.25, 0.3) is 0 Å². The van der Waals surface area contributed by atoms with E-state index >= 15 is 0 Å². The molecule has 0 aliphatic heterocycles. The molecule has 0 heterocycles. The van der Waals surface area contributed by atoms with Crippen LogP contribution in [0.2, 0.25) is 0 Å². The molecule has 8 heavy (non-hydrogen) atoms. The van der Waals surface area contributed by atoms with Gasteiger partial charge in [-0.3, -0.25) is 16.9 Å². The molecule has 0 aromatic carbocycles. The molecule has 0 bridgehead atoms. The lowest BCUT2D eigenvalue weighted by Crippen LogP contribution is -2.51. The molecule has 0 rings (SSSR count). The Labute approximate surface area is 44.5 Å². The Bertz CT molecular complexity index is 69.3. The van der Waals surface area contributed by atoms with Gasteiger partial charge in [-0.15, -0.1) is 10.1 Å². The summed E-state index contributed by atoms with van der Waals surface area (Å²) in [4.78, 5) is 8.36. The highest BCUT2D eigenvalue weighted by molar-refractivity contribution is 5.68. The third kappa shape index (κ3) is 23.0. The zero-order valence-corrected chi connectivity index (χ0v) is 3.94. The molecule has 7 heteroatoms. The maximum atomic E-state index is 8.36. The summed E-state index contributed by atoms with van der Waals surface area (Å²) >= 11 is 0. The lowest BCUT2D eigenvalue weighted by molar-refractivity contribution is -0.742. The van der Waals surface area contributed by atoms with Crippen LogP contribution < -0.4 is 16.9 Å². The third-order valence-corrected chi connectivity index (χ3v) is 0. The molecule has 0 aliphatic rings. The Morgan fingerprint density at radius 2 is 1.75 bits per heavy atom. The van der Waals surface area contributed by atoms with Gasteiger partial charge in [0.2, 0.25) is 0 Å². The molecule has 0 amide bonds. The average molecular weight is 123 g/mol. The fraction of sp³-hybridized carbons (Fsp3) is 0. The van der Waals surface area contributed by atoms with Gasteiger partial charge in [0, 0.05) is 0 Å². The molecular formula is CH7N4O3+. The van der Waals surface area contributed by atoms with E-state index in [1.807, 2.05) is 0 Å². The molecule has 0 aliphatic carbocycles. The first-order valence-electron chi connectivity index (χ1n) is 1.43. The van der Waals surface area contributed by atoms with Gasteiger partial charge in [0.15, 0.2) is 0 Å². The Morgan fingerprint density at radius 3 is 1.75 bits per heavy atom. The Kier molecular flexibility index (Phi) is 6.62. The molecule has 0 atom stereocenters. The van der Waals surface area contributed by atoms with Crippen molar-refractivity contribution in [2.24, 2.45) is 11.5 Å². The maximum Gasteiger partial charge on any atom is 0.336 e. The summed E-state index contributed by atoms with van der Waals surface area (Å²) in [5, 5.41) is 18.2. The fourth-order valence-corrected chi connectivity index (χ4v) is 0. The van der Waals surface area contributed by atoms with E-state index in [-0.39, 0.29) is 5.96 Å². The summed E-state index contributed by atoms with van der Waals surface area (Å²) in [5.74, 6) is -0.0833. The summed E-state index contributed by atoms with van der Waals surface area (Å²) < 4.78 is 0. The van der Waals surface area contributed by atoms with Gasteiger partial charge in [-0.2, -0.15) is 0 Å². The van der Waals surface area contributed by atoms with Crippen molar-refractivity contribution in [2.45, 2.75) is 0 Å². The van der Waals surface area contributed by atoms with E-state index in [4.69, 9.17) is 15.3 Å². The molecule has 0 saturated carbocycles. The van der Waals surface area contributed by atoms with Gasteiger partial charge in [-0.25, -0.2) is 0 Å². The Morgan fingerprint density at radius 1 is 1.75 bits per heavy atom. The van der Waals surface area contributed by atoms with E-state index in [0.717, 1.165) is 0 Å². The summed E-state index contributed by atoms with van der Waals surface area (Å²) in [7, 11) is 0. The summed E-state index contributed by atoms with van der Waals surface area (Å²) in [6.45, 7) is 0. The van der Waals surface area contributed by atoms with Gasteiger partial charge in [0.1, 0.15) is 0 Å². The van der Waals surface area contributed by atoms with E-state index in [9.17, 15) is 0 Å². The lowest BCUT2D eigenvalue weighted by Gasteiger charge is -1.59. The molecule has 0 fully saturated rings. The van der Waals surface area contributed by atoms with E-state index in [1.54, 1.807) is 0 Å². The number of rotatable bonds is 0. The van der Waals surface area contributed by atoms with E-state index in [0.29, 0.717) is 0 Å². The van der Waals surface area contributed by atoms with Crippen molar-refractivity contribution in [3.63, 3.8) is 0 Å². The average Bonchev–Trinajstić information content (AvgIpc) is 1.25. The molecule has 0 radical (unpaired) electrons. The van der Waals surface area contributed by atoms with Crippen molar-refractivity contribution in [3.8, 4) is 0 Å². The molecule has 0 unspecified atom stereocenters. The quantitative estimate of drug-likeness (QED) is 0.115. The van der Waals surface area contributed by atoms with Crippen LogP contribution in [-0.4, -0.2) is 16.3 Å². The molecule has 7 nitrogen and oxygen atoms in total. The fourth-order valence-electron chi connectivity index (χ4n) is 0. The summed E-state index contributed by atoms with van der Waals surface area (Å²) in [6.07, 6.45) is 0. The van der Waals surface area contributed by atoms with E-state index in [2.05, 4.69) is 16.9 Å². The SMILES string of the molecule is NC(N)=[NH2+].O=[N+]([O-])O. The van der Waals surface area contributed by atoms with Gasteiger partial charge in [0.25, 0.3) is 5.09 Å². The number of hydrogen-bond donors (Lipinski definition) is 4. The largest absolute Gasteiger partial charge is 0.336 e. The minimum absolute atomic E-state index is 0.0833. The highest BCUT2D eigenvalue weighted by Crippen LogP contribution is 1.38. The number of nitrogens with zero attached hydrogens (tertiary/aromatic N) is 1. The predicted molar refractivity (Wildman–Crippen MR) is 24.1 cm³/mol. The topological polar surface area (TPSA) is 141 Å². The molecule has 7 N–H and O–H groups in total. The van der Waals surface area contributed by atoms with Gasteiger partial charge >= 0.3 is 5.96 Å². The summed E-state index contributed by atoms with van der Waals surface area (Å²) in [5.41, 5.74) is 9.17. The highest BCUT2D eigenvalue weighted by atomic mass is 16.9. The van der Waals surface area contributed by atoms with Crippen LogP contribution in [-0.2, 0) is 0 Å². The van der Waals surface area contributed by atoms with Crippen LogP contribution in [0.3, 0.4) is 0 Å². The van der Waals surface area contributed by atoms with E-state index < -0.39 is 5.09 Å². The maximum absolute atomic E-state index is 8.36. The standard InChI is InChI=1S/CH5N3.HNO3/c2*2-1(3)4/h(H5,2,3,4);(H,2,3,4)/p+1. The second-order valence-corrected chi connectivity index (χ2v) is 0.738. The highest BCUT2D eigenvalue weighted by Gasteiger charge is 1.65. The molecule has 0 spiro atoms. The van der Waals surface area contributed by atoms with Crippen molar-refractivity contribution in [1.29, 1.82) is 0 Å². The van der Waals surface area contributed by atoms with Crippen LogP contribution in [0, 0.1) is 10.1 Å². The molecular weight excluding hydrogens is 116 g/mol. The van der Waals surface area contributed by atoms with Crippen LogP contribution in [0.4, 0.5) is 0 Å². The van der Waals surface area contributed by atoms with Crippen LogP contribution >= 0.6 is 0 Å². The Balaban J connectivity index is 0. The monoisotopic (exact) mass is 123 g/mol. The number of hydrogen-bond acceptors (Lipinski definition) is 2. The first-order chi connectivity index (χ1) is 3.46. The molecule has 0 aromatic heterocycles. The lowest BCUT2D eigenvalue weighted by atomic mass is 11.1. The minimum Gasteiger partial charge on any atom is -0.328 e. The van der Waals surface area contributed by atoms with Crippen molar-refractivity contribution in [1.82, 2.24) is 0 Å². The second kappa shape index (κ2) is 5.47. The minimum atomic E-state index is -1.50. The van der Waals surface area contributed by atoms with Crippen molar-refractivity contribution in [3.05, 3.63) is 10.1 Å². The Hall–Kier alpha value is -1.53. The molecule has 48 valence electrons. The van der Waals surface area contributed by atoms with Crippen LogP contribution in [0.15, 0.2) is 0 Å². The smallest absolute Gasteiger partial charge is 0.328 e. The number of nitrogens with two attached hydrogens (primary N) is 3. The van der Waals surface area contributed by atoms with E-state index in [1.165, 1.54) is 0 Å². The third-order valence-electron chi connectivity index (χ3n) is 0. The first kappa shape index (κ1) is 9.69. The molecule has 0 aromatic rings. The first-order valence-corrected chi connectivity index (χ1v) is 1.43. The van der Waals surface area contributed by atoms with Crippen molar-refractivity contribution >= 4 is 5.96 Å². The van der Waals surface area contributed by atoms with Crippen LogP contribution in [0.5, 0.6) is 0 Å². The predicted octanol–water partition coefficient (Wildman–Crippen LogP) is -3.33. The van der Waals surface area contributed by atoms with Crippen molar-refractivity contribution < 1.29 is 15.7 Å². The molecule has 0 saturated heterocycles. The number of guanidine groups is 1.